The van der Waals surface area contributed by atoms with Crippen LogP contribution in [0.15, 0.2) is 12.3 Å². The van der Waals surface area contributed by atoms with Gasteiger partial charge in [-0.3, -0.25) is 9.78 Å². The topological polar surface area (TPSA) is 36.4 Å². The van der Waals surface area contributed by atoms with Gasteiger partial charge in [0.2, 0.25) is 0 Å². The Labute approximate surface area is 132 Å². The number of amides is 1. The monoisotopic (exact) mass is 309 g/mol. The molecule has 5 heteroatoms. The van der Waals surface area contributed by atoms with Crippen molar-refractivity contribution >= 4 is 17.5 Å². The van der Waals surface area contributed by atoms with Crippen LogP contribution in [0.3, 0.4) is 0 Å². The van der Waals surface area contributed by atoms with E-state index in [4.69, 9.17) is 11.6 Å². The first kappa shape index (κ1) is 16.2. The molecule has 0 saturated heterocycles. The van der Waals surface area contributed by atoms with E-state index >= 15 is 0 Å². The fourth-order valence-electron chi connectivity index (χ4n) is 2.81. The Morgan fingerprint density at radius 1 is 1.33 bits per heavy atom. The molecule has 2 rings (SSSR count). The Balaban J connectivity index is 2.19. The molecule has 1 fully saturated rings. The van der Waals surface area contributed by atoms with Crippen LogP contribution in [-0.2, 0) is 0 Å². The molecule has 0 aliphatic heterocycles. The number of carbonyl (C=O) groups excluding carboxylic acids is 1. The molecule has 1 aromatic heterocycles. The lowest BCUT2D eigenvalue weighted by atomic mass is 10.1. The highest BCUT2D eigenvalue weighted by Crippen LogP contribution is 2.26. The van der Waals surface area contributed by atoms with Crippen LogP contribution in [-0.4, -0.2) is 53.9 Å². The second-order valence-corrected chi connectivity index (χ2v) is 6.45. The van der Waals surface area contributed by atoms with E-state index in [2.05, 4.69) is 9.88 Å². The molecule has 0 unspecified atom stereocenters. The highest BCUT2D eigenvalue weighted by atomic mass is 35.5. The van der Waals surface area contributed by atoms with Gasteiger partial charge in [-0.05, 0) is 39.9 Å². The van der Waals surface area contributed by atoms with E-state index < -0.39 is 0 Å². The molecule has 0 atom stereocenters. The predicted molar refractivity (Wildman–Crippen MR) is 85.8 cm³/mol. The van der Waals surface area contributed by atoms with Gasteiger partial charge < -0.3 is 9.80 Å². The SMILES string of the molecule is Cc1cc(Cl)c(C(=O)N(CCN(C)C)C2CCCC2)cn1. The van der Waals surface area contributed by atoms with Crippen molar-refractivity contribution in [1.29, 1.82) is 0 Å². The van der Waals surface area contributed by atoms with Crippen molar-refractivity contribution in [2.45, 2.75) is 38.6 Å². The maximum absolute atomic E-state index is 12.9. The second-order valence-electron chi connectivity index (χ2n) is 6.05. The number of likely N-dealkylation sites (N-methyl/N-ethyl adjacent to an activating group) is 1. The molecular formula is C16H24ClN3O. The van der Waals surface area contributed by atoms with Crippen LogP contribution >= 0.6 is 11.6 Å². The Hall–Kier alpha value is -1.13. The number of pyridine rings is 1. The first-order valence-corrected chi connectivity index (χ1v) is 7.94. The molecule has 1 aromatic rings. The molecule has 1 saturated carbocycles. The molecule has 21 heavy (non-hydrogen) atoms. The van der Waals surface area contributed by atoms with Gasteiger partial charge in [-0.25, -0.2) is 0 Å². The fourth-order valence-corrected chi connectivity index (χ4v) is 3.10. The van der Waals surface area contributed by atoms with Crippen LogP contribution in [0.4, 0.5) is 0 Å². The lowest BCUT2D eigenvalue weighted by Crippen LogP contribution is -2.42. The lowest BCUT2D eigenvalue weighted by Gasteiger charge is -2.30. The Morgan fingerprint density at radius 3 is 2.57 bits per heavy atom. The number of halogens is 1. The Morgan fingerprint density at radius 2 is 2.00 bits per heavy atom. The quantitative estimate of drug-likeness (QED) is 0.839. The number of hydrogen-bond donors (Lipinski definition) is 0. The summed E-state index contributed by atoms with van der Waals surface area (Å²) >= 11 is 6.24. The molecule has 0 aromatic carbocycles. The van der Waals surface area contributed by atoms with Crippen LogP contribution in [0.1, 0.15) is 41.7 Å². The summed E-state index contributed by atoms with van der Waals surface area (Å²) in [5, 5.41) is 0.500. The van der Waals surface area contributed by atoms with E-state index in [1.54, 1.807) is 12.3 Å². The number of aromatic nitrogens is 1. The van der Waals surface area contributed by atoms with Crippen LogP contribution in [0.25, 0.3) is 0 Å². The van der Waals surface area contributed by atoms with Gasteiger partial charge in [0, 0.05) is 31.0 Å². The molecule has 0 radical (unpaired) electrons. The summed E-state index contributed by atoms with van der Waals surface area (Å²) in [7, 11) is 4.05. The molecule has 1 amide bonds. The van der Waals surface area contributed by atoms with Crippen molar-refractivity contribution in [3.8, 4) is 0 Å². The third kappa shape index (κ3) is 4.17. The molecule has 1 aliphatic carbocycles. The maximum atomic E-state index is 12.9. The van der Waals surface area contributed by atoms with E-state index in [1.807, 2.05) is 25.9 Å². The normalized spacial score (nSPS) is 15.7. The lowest BCUT2D eigenvalue weighted by molar-refractivity contribution is 0.0667. The minimum atomic E-state index is 0.0150. The molecular weight excluding hydrogens is 286 g/mol. The third-order valence-corrected chi connectivity index (χ3v) is 4.35. The first-order valence-electron chi connectivity index (χ1n) is 7.57. The highest BCUT2D eigenvalue weighted by molar-refractivity contribution is 6.33. The molecule has 1 aliphatic rings. The Bertz CT molecular complexity index is 498. The molecule has 0 N–H and O–H groups in total. The molecule has 4 nitrogen and oxygen atoms in total. The van der Waals surface area contributed by atoms with E-state index in [0.29, 0.717) is 16.6 Å². The second kappa shape index (κ2) is 7.23. The van der Waals surface area contributed by atoms with Gasteiger partial charge in [-0.15, -0.1) is 0 Å². The van der Waals surface area contributed by atoms with Crippen molar-refractivity contribution in [1.82, 2.24) is 14.8 Å². The maximum Gasteiger partial charge on any atom is 0.257 e. The number of aryl methyl sites for hydroxylation is 1. The Kier molecular flexibility index (Phi) is 5.59. The van der Waals surface area contributed by atoms with E-state index in [-0.39, 0.29) is 5.91 Å². The predicted octanol–water partition coefficient (Wildman–Crippen LogP) is 2.99. The largest absolute Gasteiger partial charge is 0.334 e. The van der Waals surface area contributed by atoms with Gasteiger partial charge in [0.15, 0.2) is 0 Å². The van der Waals surface area contributed by atoms with Crippen LogP contribution in [0.5, 0.6) is 0 Å². The van der Waals surface area contributed by atoms with Crippen molar-refractivity contribution in [3.63, 3.8) is 0 Å². The summed E-state index contributed by atoms with van der Waals surface area (Å²) in [6, 6.07) is 2.10. The van der Waals surface area contributed by atoms with Gasteiger partial charge in [0.05, 0.1) is 10.6 Å². The summed E-state index contributed by atoms with van der Waals surface area (Å²) in [6.07, 6.45) is 6.20. The summed E-state index contributed by atoms with van der Waals surface area (Å²) in [6.45, 7) is 3.47. The minimum Gasteiger partial charge on any atom is -0.334 e. The van der Waals surface area contributed by atoms with Gasteiger partial charge >= 0.3 is 0 Å². The van der Waals surface area contributed by atoms with Gasteiger partial charge in [-0.1, -0.05) is 24.4 Å². The molecule has 1 heterocycles. The van der Waals surface area contributed by atoms with Crippen LogP contribution < -0.4 is 0 Å². The van der Waals surface area contributed by atoms with E-state index in [1.165, 1.54) is 12.8 Å². The summed E-state index contributed by atoms with van der Waals surface area (Å²) < 4.78 is 0. The average molecular weight is 310 g/mol. The van der Waals surface area contributed by atoms with Crippen LogP contribution in [0, 0.1) is 6.92 Å². The number of rotatable bonds is 5. The van der Waals surface area contributed by atoms with Gasteiger partial charge in [0.1, 0.15) is 0 Å². The zero-order chi connectivity index (χ0) is 15.4. The standard InChI is InChI=1S/C16H24ClN3O/c1-12-10-15(17)14(11-18-12)16(21)20(9-8-19(2)3)13-6-4-5-7-13/h10-11,13H,4-9H2,1-3H3. The fraction of sp³-hybridized carbons (Fsp3) is 0.625. The van der Waals surface area contributed by atoms with Crippen LogP contribution in [0.2, 0.25) is 5.02 Å². The number of carbonyl (C=O) groups is 1. The smallest absolute Gasteiger partial charge is 0.257 e. The first-order chi connectivity index (χ1) is 9.99. The summed E-state index contributed by atoms with van der Waals surface area (Å²) in [5.41, 5.74) is 1.35. The van der Waals surface area contributed by atoms with E-state index in [9.17, 15) is 4.79 Å². The van der Waals surface area contributed by atoms with E-state index in [0.717, 1.165) is 31.6 Å². The van der Waals surface area contributed by atoms with Crippen molar-refractivity contribution < 1.29 is 4.79 Å². The van der Waals surface area contributed by atoms with Gasteiger partial charge in [-0.2, -0.15) is 0 Å². The highest BCUT2D eigenvalue weighted by Gasteiger charge is 2.28. The van der Waals surface area contributed by atoms with Crippen molar-refractivity contribution in [2.24, 2.45) is 0 Å². The average Bonchev–Trinajstić information content (AvgIpc) is 2.92. The number of nitrogens with zero attached hydrogens (tertiary/aromatic N) is 3. The zero-order valence-electron chi connectivity index (χ0n) is 13.1. The van der Waals surface area contributed by atoms with Gasteiger partial charge in [0.25, 0.3) is 5.91 Å². The third-order valence-electron chi connectivity index (χ3n) is 4.04. The van der Waals surface area contributed by atoms with Crippen molar-refractivity contribution in [3.05, 3.63) is 28.5 Å². The zero-order valence-corrected chi connectivity index (χ0v) is 13.9. The van der Waals surface area contributed by atoms with Crippen molar-refractivity contribution in [2.75, 3.05) is 27.2 Å². The summed E-state index contributed by atoms with van der Waals surface area (Å²) in [4.78, 5) is 21.2. The molecule has 0 spiro atoms. The molecule has 116 valence electrons. The summed E-state index contributed by atoms with van der Waals surface area (Å²) in [5.74, 6) is 0.0150. The molecule has 0 bridgehead atoms. The number of hydrogen-bond acceptors (Lipinski definition) is 3. The minimum absolute atomic E-state index is 0.0150.